The van der Waals surface area contributed by atoms with E-state index in [2.05, 4.69) is 0 Å². The Morgan fingerprint density at radius 2 is 1.02 bits per heavy atom. The van der Waals surface area contributed by atoms with Gasteiger partial charge in [0.1, 0.15) is 61.6 Å². The molecule has 0 aliphatic carbocycles. The van der Waals surface area contributed by atoms with Gasteiger partial charge in [0.05, 0.1) is 0 Å². The van der Waals surface area contributed by atoms with Gasteiger partial charge in [-0.3, -0.25) is 0 Å². The number of fused-ring (bicyclic) bond motifs is 6. The molecule has 0 aliphatic rings. The lowest BCUT2D eigenvalue weighted by molar-refractivity contribution is 0.669. The lowest BCUT2D eigenvalue weighted by atomic mass is 9.59. The van der Waals surface area contributed by atoms with E-state index in [0.29, 0.717) is 39.8 Å². The van der Waals surface area contributed by atoms with Crippen molar-refractivity contribution in [1.29, 1.82) is 0 Å². The maximum atomic E-state index is 6.54. The fourth-order valence-electron chi connectivity index (χ4n) is 6.58. The van der Waals surface area contributed by atoms with Gasteiger partial charge < -0.3 is 8.83 Å². The average molecular weight is 615 g/mol. The second kappa shape index (κ2) is 11.2. The van der Waals surface area contributed by atoms with E-state index in [1.807, 2.05) is 109 Å². The Morgan fingerprint density at radius 3 is 1.82 bits per heavy atom. The molecule has 6 aromatic carbocycles. The lowest BCUT2D eigenvalue weighted by Gasteiger charge is -2.21. The van der Waals surface area contributed by atoms with Crippen molar-refractivity contribution < 1.29 is 8.83 Å². The number of nitrogens with zero attached hydrogens (tertiary/aromatic N) is 3. The highest BCUT2D eigenvalue weighted by Gasteiger charge is 2.20. The van der Waals surface area contributed by atoms with E-state index >= 15 is 0 Å². The van der Waals surface area contributed by atoms with Gasteiger partial charge in [-0.25, -0.2) is 15.0 Å². The maximum Gasteiger partial charge on any atom is 0.164 e. The van der Waals surface area contributed by atoms with E-state index in [4.69, 9.17) is 63.0 Å². The minimum atomic E-state index is 0.156. The Hall–Kier alpha value is -5.75. The molecule has 0 aliphatic heterocycles. The van der Waals surface area contributed by atoms with Crippen LogP contribution in [0.3, 0.4) is 0 Å². The molecule has 9 rings (SSSR count). The first-order chi connectivity index (χ1) is 23.9. The summed E-state index contributed by atoms with van der Waals surface area (Å²) in [6.45, 7) is 0. The quantitative estimate of drug-likeness (QED) is 0.277. The number of hydrogen-bond donors (Lipinski definition) is 0. The lowest BCUT2D eigenvalue weighted by Crippen LogP contribution is -2.55. The topological polar surface area (TPSA) is 65.0 Å². The zero-order valence-electron chi connectivity index (χ0n) is 25.9. The van der Waals surface area contributed by atoms with E-state index in [0.717, 1.165) is 49.4 Å². The van der Waals surface area contributed by atoms with Crippen LogP contribution in [0, 0.1) is 0 Å². The van der Waals surface area contributed by atoms with Crippen molar-refractivity contribution >= 4 is 110 Å². The molecular weight excluding hydrogens is 597 g/mol. The fourth-order valence-corrected chi connectivity index (χ4v) is 6.58. The summed E-state index contributed by atoms with van der Waals surface area (Å²) in [5.74, 6) is 1.56. The number of furan rings is 2. The number of para-hydroxylation sites is 2. The monoisotopic (exact) mass is 615 g/mol. The largest absolute Gasteiger partial charge is 0.456 e. The van der Waals surface area contributed by atoms with E-state index in [9.17, 15) is 0 Å². The third-order valence-corrected chi connectivity index (χ3v) is 9.04. The minimum Gasteiger partial charge on any atom is -0.456 e. The van der Waals surface area contributed by atoms with Gasteiger partial charge in [-0.1, -0.05) is 95.9 Å². The molecule has 10 heteroatoms. The first-order valence-electron chi connectivity index (χ1n) is 15.6. The normalized spacial score (nSPS) is 11.7. The van der Waals surface area contributed by atoms with Gasteiger partial charge in [0.2, 0.25) is 0 Å². The van der Waals surface area contributed by atoms with Crippen LogP contribution in [-0.2, 0) is 0 Å². The second-order valence-electron chi connectivity index (χ2n) is 11.9. The predicted octanol–water partition coefficient (Wildman–Crippen LogP) is 4.31. The van der Waals surface area contributed by atoms with Crippen LogP contribution in [0.5, 0.6) is 0 Å². The minimum absolute atomic E-state index is 0.156. The molecule has 0 saturated carbocycles. The van der Waals surface area contributed by atoms with Gasteiger partial charge in [-0.05, 0) is 29.8 Å². The van der Waals surface area contributed by atoms with Gasteiger partial charge in [0.15, 0.2) is 17.5 Å². The summed E-state index contributed by atoms with van der Waals surface area (Å²) < 4.78 is 12.7. The summed E-state index contributed by atoms with van der Waals surface area (Å²) in [6, 6.07) is 35.4. The smallest absolute Gasteiger partial charge is 0.164 e. The molecule has 0 atom stereocenters. The molecule has 49 heavy (non-hydrogen) atoms. The molecule has 9 aromatic rings. The van der Waals surface area contributed by atoms with E-state index < -0.39 is 0 Å². The van der Waals surface area contributed by atoms with Crippen LogP contribution in [0.1, 0.15) is 0 Å². The van der Waals surface area contributed by atoms with Crippen molar-refractivity contribution in [2.24, 2.45) is 0 Å². The summed E-state index contributed by atoms with van der Waals surface area (Å²) in [7, 11) is 31.4. The summed E-state index contributed by atoms with van der Waals surface area (Å²) in [4.78, 5) is 15.0. The first kappa shape index (κ1) is 29.4. The molecule has 5 nitrogen and oxygen atoms in total. The molecule has 216 valence electrons. The third-order valence-electron chi connectivity index (χ3n) is 9.04. The Kier molecular flexibility index (Phi) is 6.70. The van der Waals surface area contributed by atoms with Crippen molar-refractivity contribution in [2.75, 3.05) is 0 Å². The second-order valence-corrected chi connectivity index (χ2v) is 11.9. The molecule has 0 fully saturated rings. The van der Waals surface area contributed by atoms with Crippen LogP contribution in [0.25, 0.3) is 89.2 Å². The van der Waals surface area contributed by atoms with Crippen LogP contribution in [0.2, 0.25) is 0 Å². The zero-order chi connectivity index (χ0) is 33.4. The van der Waals surface area contributed by atoms with Crippen LogP contribution in [0.15, 0.2) is 118 Å². The average Bonchev–Trinajstić information content (AvgIpc) is 3.72. The van der Waals surface area contributed by atoms with Crippen molar-refractivity contribution in [3.63, 3.8) is 0 Å². The highest BCUT2D eigenvalue weighted by atomic mass is 16.3. The maximum absolute atomic E-state index is 6.54. The fraction of sp³-hybridized carbons (Fsp3) is 0. The molecule has 0 N–H and O–H groups in total. The number of hydrogen-bond acceptors (Lipinski definition) is 5. The predicted molar refractivity (Wildman–Crippen MR) is 203 cm³/mol. The molecule has 0 bridgehead atoms. The first-order valence-corrected chi connectivity index (χ1v) is 15.6. The molecule has 0 spiro atoms. The van der Waals surface area contributed by atoms with E-state index in [-0.39, 0.29) is 27.3 Å². The van der Waals surface area contributed by atoms with E-state index in [1.54, 1.807) is 0 Å². The number of rotatable bonds is 4. The highest BCUT2D eigenvalue weighted by molar-refractivity contribution is 6.68. The summed E-state index contributed by atoms with van der Waals surface area (Å²) in [5, 5.41) is 3.69. The molecule has 10 radical (unpaired) electrons. The molecule has 3 heterocycles. The third kappa shape index (κ3) is 4.58. The van der Waals surface area contributed by atoms with Crippen molar-refractivity contribution in [3.8, 4) is 45.3 Å². The molecule has 0 saturated heterocycles. The molecule has 0 unspecified atom stereocenters. The van der Waals surface area contributed by atoms with Gasteiger partial charge in [0, 0.05) is 43.8 Å². The van der Waals surface area contributed by atoms with Crippen molar-refractivity contribution in [2.45, 2.75) is 0 Å². The molecule has 0 amide bonds. The molecular formula is C39H18B5N3O2. The van der Waals surface area contributed by atoms with Crippen LogP contribution in [0.4, 0.5) is 0 Å². The Morgan fingerprint density at radius 1 is 0.408 bits per heavy atom. The Bertz CT molecular complexity index is 2760. The standard InChI is InChI=1S/C39H18B5N3O2/c40-31-30(32(41)34(43)35(44)33(31)42)24-12-6-11-22-21-17-16-20(18-28(21)49-36(22)24)38-45-37(19-8-2-1-3-9-19)46-39(47-38)25-13-7-15-27-29(25)23-10-4-5-14-26(23)48-27/h1-18H. The van der Waals surface area contributed by atoms with Gasteiger partial charge in [-0.2, -0.15) is 0 Å². The van der Waals surface area contributed by atoms with Gasteiger partial charge in [-0.15, -0.1) is 16.4 Å². The summed E-state index contributed by atoms with van der Waals surface area (Å²) in [6.07, 6.45) is 0. The van der Waals surface area contributed by atoms with Crippen LogP contribution >= 0.6 is 0 Å². The van der Waals surface area contributed by atoms with Crippen LogP contribution in [-0.4, -0.2) is 54.2 Å². The van der Waals surface area contributed by atoms with Crippen molar-refractivity contribution in [3.05, 3.63) is 109 Å². The Labute approximate surface area is 287 Å². The summed E-state index contributed by atoms with van der Waals surface area (Å²) >= 11 is 0. The van der Waals surface area contributed by atoms with Crippen molar-refractivity contribution in [1.82, 2.24) is 15.0 Å². The summed E-state index contributed by atoms with van der Waals surface area (Å²) in [5.41, 5.74) is 7.33. The highest BCUT2D eigenvalue weighted by Crippen LogP contribution is 2.38. The molecule has 3 aromatic heterocycles. The van der Waals surface area contributed by atoms with Gasteiger partial charge >= 0.3 is 0 Å². The number of benzene rings is 6. The Balaban J connectivity index is 1.26. The van der Waals surface area contributed by atoms with E-state index in [1.165, 1.54) is 0 Å². The van der Waals surface area contributed by atoms with Gasteiger partial charge in [0.25, 0.3) is 0 Å². The SMILES string of the molecule is [B]c1c([B])c([B])c(-c2cccc3c2oc2cc(-c4nc(-c5ccccc5)nc(-c5cccc6oc7ccccc7c56)n4)ccc23)c([B])c1[B]. The number of aromatic nitrogens is 3. The zero-order valence-corrected chi connectivity index (χ0v) is 25.9. The van der Waals surface area contributed by atoms with Crippen LogP contribution < -0.4 is 27.3 Å².